The maximum Gasteiger partial charge on any atom is 0.126 e. The monoisotopic (exact) mass is 193 g/mol. The Balaban J connectivity index is 2.15. The molecular weight excluding hydrogens is 174 g/mol. The molecule has 0 aliphatic rings. The second-order valence-corrected chi connectivity index (χ2v) is 3.46. The molecule has 3 heteroatoms. The number of nitrogens with one attached hydrogen (secondary N) is 1. The van der Waals surface area contributed by atoms with Crippen molar-refractivity contribution < 1.29 is 0 Å². The minimum atomic E-state index is 0.710. The standard InChI is InChI=1S/C11H19N3/c1-2-3-4-5-8-13-11-7-6-10(12)9-14-11/h6-7,9H,2-5,8,12H2,1H3,(H,13,14). The van der Waals surface area contributed by atoms with Gasteiger partial charge in [0.05, 0.1) is 11.9 Å². The van der Waals surface area contributed by atoms with Crippen molar-refractivity contribution in [3.63, 3.8) is 0 Å². The van der Waals surface area contributed by atoms with Gasteiger partial charge in [0, 0.05) is 6.54 Å². The van der Waals surface area contributed by atoms with Gasteiger partial charge in [-0.3, -0.25) is 0 Å². The summed E-state index contributed by atoms with van der Waals surface area (Å²) in [6, 6.07) is 3.77. The van der Waals surface area contributed by atoms with Gasteiger partial charge in [-0.05, 0) is 18.6 Å². The smallest absolute Gasteiger partial charge is 0.126 e. The zero-order valence-corrected chi connectivity index (χ0v) is 8.79. The van der Waals surface area contributed by atoms with Crippen LogP contribution in [0, 0.1) is 0 Å². The number of unbranched alkanes of at least 4 members (excludes halogenated alkanes) is 3. The lowest BCUT2D eigenvalue weighted by atomic mass is 10.2. The van der Waals surface area contributed by atoms with Gasteiger partial charge in [-0.1, -0.05) is 26.2 Å². The lowest BCUT2D eigenvalue weighted by Gasteiger charge is -2.04. The van der Waals surface area contributed by atoms with Crippen LogP contribution < -0.4 is 11.1 Å². The topological polar surface area (TPSA) is 50.9 Å². The molecule has 1 rings (SSSR count). The molecule has 0 aliphatic carbocycles. The highest BCUT2D eigenvalue weighted by Crippen LogP contribution is 2.06. The van der Waals surface area contributed by atoms with Crippen LogP contribution in [0.2, 0.25) is 0 Å². The largest absolute Gasteiger partial charge is 0.397 e. The molecule has 0 atom stereocenters. The predicted molar refractivity (Wildman–Crippen MR) is 61.3 cm³/mol. The quantitative estimate of drug-likeness (QED) is 0.683. The molecule has 1 aromatic heterocycles. The summed E-state index contributed by atoms with van der Waals surface area (Å²) in [5, 5.41) is 3.26. The van der Waals surface area contributed by atoms with Crippen molar-refractivity contribution in [1.29, 1.82) is 0 Å². The SMILES string of the molecule is CCCCCCNc1ccc(N)cn1. The zero-order chi connectivity index (χ0) is 10.2. The third-order valence-electron chi connectivity index (χ3n) is 2.12. The Bertz CT molecular complexity index is 243. The van der Waals surface area contributed by atoms with Gasteiger partial charge in [-0.15, -0.1) is 0 Å². The molecule has 0 spiro atoms. The Morgan fingerprint density at radius 2 is 2.14 bits per heavy atom. The average Bonchev–Trinajstić information content (AvgIpc) is 2.21. The summed E-state index contributed by atoms with van der Waals surface area (Å²) in [5.41, 5.74) is 6.24. The fourth-order valence-electron chi connectivity index (χ4n) is 1.28. The Kier molecular flexibility index (Phi) is 4.83. The molecule has 0 radical (unpaired) electrons. The van der Waals surface area contributed by atoms with Gasteiger partial charge in [0.2, 0.25) is 0 Å². The third kappa shape index (κ3) is 4.12. The van der Waals surface area contributed by atoms with E-state index in [0.717, 1.165) is 12.4 Å². The summed E-state index contributed by atoms with van der Waals surface area (Å²) in [4.78, 5) is 4.16. The van der Waals surface area contributed by atoms with Gasteiger partial charge in [0.1, 0.15) is 5.82 Å². The summed E-state index contributed by atoms with van der Waals surface area (Å²) in [5.74, 6) is 0.913. The third-order valence-corrected chi connectivity index (χ3v) is 2.12. The van der Waals surface area contributed by atoms with Crippen molar-refractivity contribution >= 4 is 11.5 Å². The number of hydrogen-bond acceptors (Lipinski definition) is 3. The molecule has 0 saturated heterocycles. The maximum atomic E-state index is 5.53. The number of hydrogen-bond donors (Lipinski definition) is 2. The van der Waals surface area contributed by atoms with E-state index in [-0.39, 0.29) is 0 Å². The van der Waals surface area contributed by atoms with Gasteiger partial charge in [-0.2, -0.15) is 0 Å². The number of nitrogen functional groups attached to an aromatic ring is 1. The van der Waals surface area contributed by atoms with Crippen molar-refractivity contribution in [2.24, 2.45) is 0 Å². The number of nitrogens with two attached hydrogens (primary N) is 1. The van der Waals surface area contributed by atoms with Crippen molar-refractivity contribution in [3.05, 3.63) is 18.3 Å². The Hall–Kier alpha value is -1.25. The number of aromatic nitrogens is 1. The summed E-state index contributed by atoms with van der Waals surface area (Å²) < 4.78 is 0. The van der Waals surface area contributed by atoms with Gasteiger partial charge in [-0.25, -0.2) is 4.98 Å². The zero-order valence-electron chi connectivity index (χ0n) is 8.79. The second-order valence-electron chi connectivity index (χ2n) is 3.46. The van der Waals surface area contributed by atoms with Crippen LogP contribution in [0.25, 0.3) is 0 Å². The highest BCUT2D eigenvalue weighted by molar-refractivity contribution is 5.43. The molecule has 0 unspecified atom stereocenters. The summed E-state index contributed by atoms with van der Waals surface area (Å²) >= 11 is 0. The average molecular weight is 193 g/mol. The molecule has 1 aromatic rings. The first-order chi connectivity index (χ1) is 6.83. The number of anilines is 2. The molecule has 0 bridgehead atoms. The van der Waals surface area contributed by atoms with Gasteiger partial charge in [0.25, 0.3) is 0 Å². The molecule has 0 fully saturated rings. The van der Waals surface area contributed by atoms with Crippen LogP contribution in [-0.4, -0.2) is 11.5 Å². The molecule has 78 valence electrons. The van der Waals surface area contributed by atoms with E-state index in [2.05, 4.69) is 17.2 Å². The first kappa shape index (κ1) is 10.8. The summed E-state index contributed by atoms with van der Waals surface area (Å²) in [6.07, 6.45) is 6.77. The summed E-state index contributed by atoms with van der Waals surface area (Å²) in [7, 11) is 0. The van der Waals surface area contributed by atoms with Crippen LogP contribution in [0.3, 0.4) is 0 Å². The lowest BCUT2D eigenvalue weighted by molar-refractivity contribution is 0.684. The van der Waals surface area contributed by atoms with E-state index < -0.39 is 0 Å². The van der Waals surface area contributed by atoms with E-state index in [9.17, 15) is 0 Å². The van der Waals surface area contributed by atoms with Gasteiger partial charge >= 0.3 is 0 Å². The lowest BCUT2D eigenvalue weighted by Crippen LogP contribution is -2.03. The fourth-order valence-corrected chi connectivity index (χ4v) is 1.28. The van der Waals surface area contributed by atoms with E-state index in [4.69, 9.17) is 5.73 Å². The molecule has 3 N–H and O–H groups in total. The molecule has 0 saturated carbocycles. The van der Waals surface area contributed by atoms with Gasteiger partial charge < -0.3 is 11.1 Å². The fraction of sp³-hybridized carbons (Fsp3) is 0.545. The van der Waals surface area contributed by atoms with E-state index >= 15 is 0 Å². The number of pyridine rings is 1. The van der Waals surface area contributed by atoms with Crippen LogP contribution in [0.15, 0.2) is 18.3 Å². The van der Waals surface area contributed by atoms with Crippen molar-refractivity contribution in [2.45, 2.75) is 32.6 Å². The van der Waals surface area contributed by atoms with E-state index in [1.807, 2.05) is 12.1 Å². The Labute approximate surface area is 85.7 Å². The van der Waals surface area contributed by atoms with Crippen molar-refractivity contribution in [3.8, 4) is 0 Å². The van der Waals surface area contributed by atoms with Crippen LogP contribution in [0.4, 0.5) is 11.5 Å². The minimum absolute atomic E-state index is 0.710. The first-order valence-electron chi connectivity index (χ1n) is 5.28. The van der Waals surface area contributed by atoms with Crippen LogP contribution in [-0.2, 0) is 0 Å². The molecule has 0 aromatic carbocycles. The molecule has 0 aliphatic heterocycles. The Morgan fingerprint density at radius 1 is 1.29 bits per heavy atom. The highest BCUT2D eigenvalue weighted by atomic mass is 15.0. The van der Waals surface area contributed by atoms with E-state index in [0.29, 0.717) is 5.69 Å². The van der Waals surface area contributed by atoms with Gasteiger partial charge in [0.15, 0.2) is 0 Å². The number of rotatable bonds is 6. The predicted octanol–water partition coefficient (Wildman–Crippen LogP) is 2.66. The number of nitrogens with zero attached hydrogens (tertiary/aromatic N) is 1. The molecule has 1 heterocycles. The Morgan fingerprint density at radius 3 is 2.79 bits per heavy atom. The van der Waals surface area contributed by atoms with E-state index in [1.165, 1.54) is 25.7 Å². The van der Waals surface area contributed by atoms with Crippen molar-refractivity contribution in [2.75, 3.05) is 17.6 Å². The minimum Gasteiger partial charge on any atom is -0.397 e. The van der Waals surface area contributed by atoms with Crippen LogP contribution in [0.1, 0.15) is 32.6 Å². The second kappa shape index (κ2) is 6.24. The van der Waals surface area contributed by atoms with Crippen LogP contribution in [0.5, 0.6) is 0 Å². The normalized spacial score (nSPS) is 10.1. The molecule has 0 amide bonds. The summed E-state index contributed by atoms with van der Waals surface area (Å²) in [6.45, 7) is 3.21. The van der Waals surface area contributed by atoms with Crippen LogP contribution >= 0.6 is 0 Å². The molecule has 14 heavy (non-hydrogen) atoms. The molecule has 3 nitrogen and oxygen atoms in total. The molecular formula is C11H19N3. The first-order valence-corrected chi connectivity index (χ1v) is 5.28. The van der Waals surface area contributed by atoms with Crippen molar-refractivity contribution in [1.82, 2.24) is 4.98 Å². The van der Waals surface area contributed by atoms with E-state index in [1.54, 1.807) is 6.20 Å². The maximum absolute atomic E-state index is 5.53. The highest BCUT2D eigenvalue weighted by Gasteiger charge is 1.92.